The minimum Gasteiger partial charge on any atom is -0.492 e. The normalized spacial score (nSPS) is 16.1. The third kappa shape index (κ3) is 4.23. The second kappa shape index (κ2) is 8.36. The Morgan fingerprint density at radius 1 is 1.14 bits per heavy atom. The van der Waals surface area contributed by atoms with Crippen LogP contribution in [-0.4, -0.2) is 43.1 Å². The van der Waals surface area contributed by atoms with Crippen LogP contribution in [0.3, 0.4) is 0 Å². The highest BCUT2D eigenvalue weighted by atomic mass is 32.2. The Balaban J connectivity index is 1.69. The van der Waals surface area contributed by atoms with Gasteiger partial charge < -0.3 is 14.0 Å². The summed E-state index contributed by atoms with van der Waals surface area (Å²) < 4.78 is 40.5. The summed E-state index contributed by atoms with van der Waals surface area (Å²) in [5.74, 6) is 0.905. The average Bonchev–Trinajstić information content (AvgIpc) is 2.67. The fourth-order valence-corrected chi connectivity index (χ4v) is 4.87. The number of hydrogen-bond donors (Lipinski definition) is 0. The smallest absolute Gasteiger partial charge is 0.254 e. The van der Waals surface area contributed by atoms with Crippen molar-refractivity contribution in [2.45, 2.75) is 37.7 Å². The highest BCUT2D eigenvalue weighted by molar-refractivity contribution is 7.89. The van der Waals surface area contributed by atoms with Crippen molar-refractivity contribution in [2.75, 3.05) is 19.7 Å². The molecule has 0 spiro atoms. The van der Waals surface area contributed by atoms with E-state index in [4.69, 9.17) is 9.47 Å². The van der Waals surface area contributed by atoms with E-state index in [1.165, 1.54) is 10.4 Å². The number of hydrogen-bond acceptors (Lipinski definition) is 5. The van der Waals surface area contributed by atoms with Gasteiger partial charge in [0.25, 0.3) is 5.56 Å². The lowest BCUT2D eigenvalue weighted by Crippen LogP contribution is -2.41. The van der Waals surface area contributed by atoms with Crippen molar-refractivity contribution < 1.29 is 17.9 Å². The van der Waals surface area contributed by atoms with Crippen LogP contribution in [0.4, 0.5) is 0 Å². The van der Waals surface area contributed by atoms with Crippen LogP contribution in [0.15, 0.2) is 46.1 Å². The van der Waals surface area contributed by atoms with Gasteiger partial charge in [0, 0.05) is 31.9 Å². The number of sulfonamides is 1. The Bertz CT molecular complexity index is 992. The van der Waals surface area contributed by atoms with Crippen molar-refractivity contribution in [1.82, 2.24) is 8.87 Å². The van der Waals surface area contributed by atoms with E-state index in [1.54, 1.807) is 35.9 Å². The number of benzene rings is 1. The molecular weight excluding hydrogens is 380 g/mol. The number of pyridine rings is 1. The summed E-state index contributed by atoms with van der Waals surface area (Å²) in [6.45, 7) is 4.79. The lowest BCUT2D eigenvalue weighted by Gasteiger charge is -2.31. The van der Waals surface area contributed by atoms with Gasteiger partial charge in [0.2, 0.25) is 10.0 Å². The molecule has 1 saturated heterocycles. The molecular formula is C20H26N2O5S. The molecule has 152 valence electrons. The molecule has 2 heterocycles. The SMILES string of the molecule is CCOc1ccccc1S(=O)(=O)N1CCC(Oc2cc(C)n(C)c(=O)c2)CC1. The Hall–Kier alpha value is -2.32. The largest absolute Gasteiger partial charge is 0.492 e. The summed E-state index contributed by atoms with van der Waals surface area (Å²) in [5.41, 5.74) is 0.692. The first kappa shape index (κ1) is 20.4. The third-order valence-electron chi connectivity index (χ3n) is 4.95. The van der Waals surface area contributed by atoms with Gasteiger partial charge in [-0.2, -0.15) is 4.31 Å². The van der Waals surface area contributed by atoms with E-state index >= 15 is 0 Å². The lowest BCUT2D eigenvalue weighted by molar-refractivity contribution is 0.134. The first-order valence-electron chi connectivity index (χ1n) is 9.39. The summed E-state index contributed by atoms with van der Waals surface area (Å²) >= 11 is 0. The van der Waals surface area contributed by atoms with Crippen LogP contribution in [0, 0.1) is 6.92 Å². The number of aryl methyl sites for hydroxylation is 1. The number of aromatic nitrogens is 1. The van der Waals surface area contributed by atoms with Gasteiger partial charge in [0.05, 0.1) is 6.61 Å². The summed E-state index contributed by atoms with van der Waals surface area (Å²) in [4.78, 5) is 12.1. The van der Waals surface area contributed by atoms with Crippen molar-refractivity contribution in [3.8, 4) is 11.5 Å². The molecule has 7 nitrogen and oxygen atoms in total. The minimum absolute atomic E-state index is 0.123. The number of para-hydroxylation sites is 1. The molecule has 0 bridgehead atoms. The van der Waals surface area contributed by atoms with Gasteiger partial charge in [0.15, 0.2) is 0 Å². The zero-order valence-corrected chi connectivity index (χ0v) is 17.2. The second-order valence-corrected chi connectivity index (χ2v) is 8.74. The van der Waals surface area contributed by atoms with E-state index in [0.717, 1.165) is 5.69 Å². The fourth-order valence-electron chi connectivity index (χ4n) is 3.26. The van der Waals surface area contributed by atoms with Crippen LogP contribution in [0.25, 0.3) is 0 Å². The van der Waals surface area contributed by atoms with Crippen molar-refractivity contribution in [2.24, 2.45) is 7.05 Å². The number of rotatable bonds is 6. The Morgan fingerprint density at radius 2 is 1.82 bits per heavy atom. The predicted octanol–water partition coefficient (Wildman–Crippen LogP) is 2.32. The molecule has 0 N–H and O–H groups in total. The number of nitrogens with zero attached hydrogens (tertiary/aromatic N) is 2. The molecule has 0 saturated carbocycles. The zero-order chi connectivity index (χ0) is 20.3. The highest BCUT2D eigenvalue weighted by Gasteiger charge is 2.32. The monoisotopic (exact) mass is 406 g/mol. The van der Waals surface area contributed by atoms with E-state index in [-0.39, 0.29) is 16.6 Å². The Labute approximate surface area is 165 Å². The summed E-state index contributed by atoms with van der Waals surface area (Å²) in [5, 5.41) is 0. The molecule has 1 aromatic carbocycles. The molecule has 3 rings (SSSR count). The van der Waals surface area contributed by atoms with Gasteiger partial charge in [-0.05, 0) is 44.9 Å². The molecule has 0 aliphatic carbocycles. The second-order valence-electron chi connectivity index (χ2n) is 6.83. The van der Waals surface area contributed by atoms with Gasteiger partial charge in [-0.25, -0.2) is 8.42 Å². The summed E-state index contributed by atoms with van der Waals surface area (Å²) in [7, 11) is -1.92. The van der Waals surface area contributed by atoms with E-state index in [9.17, 15) is 13.2 Å². The van der Waals surface area contributed by atoms with Crippen LogP contribution in [0.5, 0.6) is 11.5 Å². The summed E-state index contributed by atoms with van der Waals surface area (Å²) in [6, 6.07) is 9.99. The first-order chi connectivity index (χ1) is 13.3. The van der Waals surface area contributed by atoms with Gasteiger partial charge in [0.1, 0.15) is 22.5 Å². The zero-order valence-electron chi connectivity index (χ0n) is 16.4. The molecule has 0 atom stereocenters. The van der Waals surface area contributed by atoms with Gasteiger partial charge in [-0.1, -0.05) is 12.1 Å². The molecule has 2 aromatic rings. The summed E-state index contributed by atoms with van der Waals surface area (Å²) in [6.07, 6.45) is 0.995. The molecule has 28 heavy (non-hydrogen) atoms. The molecule has 1 aliphatic rings. The van der Waals surface area contributed by atoms with Crippen molar-refractivity contribution in [3.05, 3.63) is 52.4 Å². The minimum atomic E-state index is -3.63. The maximum Gasteiger partial charge on any atom is 0.254 e. The van der Waals surface area contributed by atoms with Crippen molar-refractivity contribution in [3.63, 3.8) is 0 Å². The molecule has 0 radical (unpaired) electrons. The quantitative estimate of drug-likeness (QED) is 0.736. The number of piperidine rings is 1. The molecule has 1 aliphatic heterocycles. The lowest BCUT2D eigenvalue weighted by atomic mass is 10.1. The van der Waals surface area contributed by atoms with Crippen LogP contribution in [0.2, 0.25) is 0 Å². The number of ether oxygens (including phenoxy) is 2. The Morgan fingerprint density at radius 3 is 2.46 bits per heavy atom. The average molecular weight is 407 g/mol. The van der Waals surface area contributed by atoms with E-state index in [0.29, 0.717) is 44.0 Å². The van der Waals surface area contributed by atoms with E-state index < -0.39 is 10.0 Å². The van der Waals surface area contributed by atoms with Crippen LogP contribution >= 0.6 is 0 Å². The topological polar surface area (TPSA) is 77.8 Å². The highest BCUT2D eigenvalue weighted by Crippen LogP contribution is 2.29. The van der Waals surface area contributed by atoms with Crippen molar-refractivity contribution in [1.29, 1.82) is 0 Å². The van der Waals surface area contributed by atoms with Crippen molar-refractivity contribution >= 4 is 10.0 Å². The van der Waals surface area contributed by atoms with Gasteiger partial charge >= 0.3 is 0 Å². The maximum absolute atomic E-state index is 13.0. The van der Waals surface area contributed by atoms with Crippen LogP contribution in [0.1, 0.15) is 25.5 Å². The first-order valence-corrected chi connectivity index (χ1v) is 10.8. The van der Waals surface area contributed by atoms with Crippen LogP contribution in [-0.2, 0) is 17.1 Å². The fraction of sp³-hybridized carbons (Fsp3) is 0.450. The molecule has 0 amide bonds. The van der Waals surface area contributed by atoms with Crippen LogP contribution < -0.4 is 15.0 Å². The van der Waals surface area contributed by atoms with Gasteiger partial charge in [-0.3, -0.25) is 4.79 Å². The molecule has 1 aromatic heterocycles. The molecule has 0 unspecified atom stereocenters. The van der Waals surface area contributed by atoms with Gasteiger partial charge in [-0.15, -0.1) is 0 Å². The predicted molar refractivity (Wildman–Crippen MR) is 106 cm³/mol. The molecule has 1 fully saturated rings. The van der Waals surface area contributed by atoms with E-state index in [1.807, 2.05) is 19.9 Å². The third-order valence-corrected chi connectivity index (χ3v) is 6.89. The molecule has 8 heteroatoms. The van der Waals surface area contributed by atoms with E-state index in [2.05, 4.69) is 0 Å². The maximum atomic E-state index is 13.0. The Kier molecular flexibility index (Phi) is 6.10. The standard InChI is InChI=1S/C20H26N2O5S/c1-4-26-18-7-5-6-8-19(18)28(24,25)22-11-9-16(10-12-22)27-17-13-15(2)21(3)20(23)14-17/h5-8,13-14,16H,4,9-12H2,1-3H3.